The zero-order valence-corrected chi connectivity index (χ0v) is 13.0. The summed E-state index contributed by atoms with van der Waals surface area (Å²) >= 11 is 0. The van der Waals surface area contributed by atoms with Crippen molar-refractivity contribution >= 4 is 5.69 Å². The minimum absolute atomic E-state index is 0.355. The predicted molar refractivity (Wildman–Crippen MR) is 86.4 cm³/mol. The van der Waals surface area contributed by atoms with Crippen molar-refractivity contribution in [3.63, 3.8) is 0 Å². The first kappa shape index (κ1) is 13.9. The Morgan fingerprint density at radius 1 is 1.35 bits per heavy atom. The molecule has 0 amide bonds. The molecule has 0 bridgehead atoms. The Labute approximate surface area is 123 Å². The smallest absolute Gasteiger partial charge is 0.0401 e. The number of para-hydroxylation sites is 1. The summed E-state index contributed by atoms with van der Waals surface area (Å²) in [5.74, 6) is 0. The van der Waals surface area contributed by atoms with E-state index in [1.165, 1.54) is 62.9 Å². The fourth-order valence-corrected chi connectivity index (χ4v) is 4.10. The molecule has 1 aromatic rings. The van der Waals surface area contributed by atoms with E-state index >= 15 is 0 Å². The molecule has 0 spiro atoms. The highest BCUT2D eigenvalue weighted by atomic mass is 15.2. The molecule has 2 atom stereocenters. The van der Waals surface area contributed by atoms with Crippen LogP contribution in [0.25, 0.3) is 0 Å². The summed E-state index contributed by atoms with van der Waals surface area (Å²) in [5.41, 5.74) is 3.37. The molecule has 1 aromatic carbocycles. The van der Waals surface area contributed by atoms with Crippen LogP contribution >= 0.6 is 0 Å². The van der Waals surface area contributed by atoms with Gasteiger partial charge in [0.1, 0.15) is 0 Å². The van der Waals surface area contributed by atoms with Gasteiger partial charge in [0.15, 0.2) is 0 Å². The summed E-state index contributed by atoms with van der Waals surface area (Å²) in [5, 5.41) is 3.83. The molecule has 0 aliphatic carbocycles. The Bertz CT molecular complexity index is 448. The molecule has 3 rings (SSSR count). The largest absolute Gasteiger partial charge is 0.367 e. The van der Waals surface area contributed by atoms with Gasteiger partial charge in [-0.25, -0.2) is 0 Å². The van der Waals surface area contributed by atoms with Crippen molar-refractivity contribution in [1.29, 1.82) is 0 Å². The molecule has 110 valence electrons. The maximum atomic E-state index is 3.83. The summed E-state index contributed by atoms with van der Waals surface area (Å²) in [6.07, 6.45) is 7.78. The highest BCUT2D eigenvalue weighted by Crippen LogP contribution is 2.34. The number of hydrogen-bond acceptors (Lipinski definition) is 2. The van der Waals surface area contributed by atoms with E-state index in [1.54, 1.807) is 0 Å². The number of benzene rings is 1. The zero-order valence-electron chi connectivity index (χ0n) is 13.0. The van der Waals surface area contributed by atoms with Crippen molar-refractivity contribution in [2.75, 3.05) is 18.0 Å². The second-order valence-electron chi connectivity index (χ2n) is 6.70. The third-order valence-corrected chi connectivity index (χ3v) is 5.20. The first-order chi connectivity index (χ1) is 9.74. The number of anilines is 1. The molecule has 0 aromatic heterocycles. The van der Waals surface area contributed by atoms with Crippen LogP contribution in [-0.2, 0) is 6.42 Å². The minimum Gasteiger partial charge on any atom is -0.367 e. The van der Waals surface area contributed by atoms with Crippen molar-refractivity contribution in [2.45, 2.75) is 64.0 Å². The normalized spacial score (nSPS) is 29.5. The average Bonchev–Trinajstić information content (AvgIpc) is 2.91. The van der Waals surface area contributed by atoms with Gasteiger partial charge in [-0.3, -0.25) is 0 Å². The van der Waals surface area contributed by atoms with Gasteiger partial charge < -0.3 is 10.2 Å². The molecule has 20 heavy (non-hydrogen) atoms. The van der Waals surface area contributed by atoms with Gasteiger partial charge in [0.2, 0.25) is 0 Å². The van der Waals surface area contributed by atoms with Crippen molar-refractivity contribution in [2.24, 2.45) is 0 Å². The lowest BCUT2D eigenvalue weighted by Crippen LogP contribution is -2.53. The van der Waals surface area contributed by atoms with E-state index in [-0.39, 0.29) is 0 Å². The highest BCUT2D eigenvalue weighted by molar-refractivity contribution is 5.56. The summed E-state index contributed by atoms with van der Waals surface area (Å²) in [6.45, 7) is 7.09. The van der Waals surface area contributed by atoms with Crippen molar-refractivity contribution in [3.05, 3.63) is 29.8 Å². The van der Waals surface area contributed by atoms with Gasteiger partial charge in [-0.1, -0.05) is 31.5 Å². The first-order valence-electron chi connectivity index (χ1n) is 8.34. The Morgan fingerprint density at radius 2 is 2.20 bits per heavy atom. The van der Waals surface area contributed by atoms with Gasteiger partial charge in [-0.15, -0.1) is 0 Å². The first-order valence-corrected chi connectivity index (χ1v) is 8.34. The molecule has 2 aliphatic rings. The molecule has 1 saturated heterocycles. The lowest BCUT2D eigenvalue weighted by Gasteiger charge is -2.43. The van der Waals surface area contributed by atoms with Crippen LogP contribution in [0.1, 0.15) is 51.5 Å². The molecular formula is C18H28N2. The molecule has 0 saturated carbocycles. The molecular weight excluding hydrogens is 244 g/mol. The fraction of sp³-hybridized carbons (Fsp3) is 0.667. The van der Waals surface area contributed by atoms with Crippen LogP contribution in [0.2, 0.25) is 0 Å². The van der Waals surface area contributed by atoms with Gasteiger partial charge in [-0.2, -0.15) is 0 Å². The highest BCUT2D eigenvalue weighted by Gasteiger charge is 2.36. The Morgan fingerprint density at radius 3 is 2.95 bits per heavy atom. The molecule has 0 radical (unpaired) electrons. The molecule has 2 nitrogen and oxygen atoms in total. The van der Waals surface area contributed by atoms with Crippen LogP contribution in [0.4, 0.5) is 5.69 Å². The second kappa shape index (κ2) is 5.77. The van der Waals surface area contributed by atoms with E-state index in [4.69, 9.17) is 0 Å². The number of nitrogens with zero attached hydrogens (tertiary/aromatic N) is 1. The van der Waals surface area contributed by atoms with Crippen molar-refractivity contribution in [1.82, 2.24) is 5.32 Å². The van der Waals surface area contributed by atoms with E-state index in [0.29, 0.717) is 11.6 Å². The van der Waals surface area contributed by atoms with Crippen LogP contribution < -0.4 is 10.2 Å². The number of nitrogens with one attached hydrogen (secondary N) is 1. The standard InChI is InChI=1S/C18H28N2/c1-3-11-18(12-6-13-19-18)14-20-15(2)9-10-16-7-4-5-8-17(16)20/h4-5,7-8,15,19H,3,6,9-14H2,1-2H3. The maximum Gasteiger partial charge on any atom is 0.0401 e. The van der Waals surface area contributed by atoms with Gasteiger partial charge in [-0.05, 0) is 57.2 Å². The van der Waals surface area contributed by atoms with E-state index in [9.17, 15) is 0 Å². The minimum atomic E-state index is 0.355. The Hall–Kier alpha value is -1.02. The molecule has 1 N–H and O–H groups in total. The lowest BCUT2D eigenvalue weighted by molar-refractivity contribution is 0.331. The Kier molecular flexibility index (Phi) is 4.02. The summed E-state index contributed by atoms with van der Waals surface area (Å²) in [4.78, 5) is 2.67. The van der Waals surface area contributed by atoms with E-state index in [1.807, 2.05) is 0 Å². The van der Waals surface area contributed by atoms with Crippen molar-refractivity contribution in [3.8, 4) is 0 Å². The summed E-state index contributed by atoms with van der Waals surface area (Å²) < 4.78 is 0. The zero-order chi connectivity index (χ0) is 14.0. The van der Waals surface area contributed by atoms with Gasteiger partial charge in [0.25, 0.3) is 0 Å². The monoisotopic (exact) mass is 272 g/mol. The predicted octanol–water partition coefficient (Wildman–Crippen LogP) is 3.75. The third kappa shape index (κ3) is 2.58. The number of rotatable bonds is 4. The van der Waals surface area contributed by atoms with Crippen LogP contribution in [0.3, 0.4) is 0 Å². The molecule has 2 heteroatoms. The molecule has 1 fully saturated rings. The van der Waals surface area contributed by atoms with E-state index in [0.717, 1.165) is 0 Å². The third-order valence-electron chi connectivity index (χ3n) is 5.20. The van der Waals surface area contributed by atoms with Crippen LogP contribution in [0.15, 0.2) is 24.3 Å². The quantitative estimate of drug-likeness (QED) is 0.898. The van der Waals surface area contributed by atoms with Crippen molar-refractivity contribution < 1.29 is 0 Å². The van der Waals surface area contributed by atoms with Crippen LogP contribution in [0.5, 0.6) is 0 Å². The number of aryl methyl sites for hydroxylation is 1. The van der Waals surface area contributed by atoms with Gasteiger partial charge in [0, 0.05) is 23.8 Å². The Balaban J connectivity index is 1.85. The topological polar surface area (TPSA) is 15.3 Å². The number of hydrogen-bond donors (Lipinski definition) is 1. The van der Waals surface area contributed by atoms with Gasteiger partial charge in [0.05, 0.1) is 0 Å². The summed E-state index contributed by atoms with van der Waals surface area (Å²) in [6, 6.07) is 9.67. The van der Waals surface area contributed by atoms with E-state index in [2.05, 4.69) is 48.3 Å². The van der Waals surface area contributed by atoms with Gasteiger partial charge >= 0.3 is 0 Å². The number of fused-ring (bicyclic) bond motifs is 1. The van der Waals surface area contributed by atoms with E-state index < -0.39 is 0 Å². The molecule has 2 heterocycles. The molecule has 2 unspecified atom stereocenters. The summed E-state index contributed by atoms with van der Waals surface area (Å²) in [7, 11) is 0. The lowest BCUT2D eigenvalue weighted by atomic mass is 9.88. The average molecular weight is 272 g/mol. The van der Waals surface area contributed by atoms with Crippen LogP contribution in [-0.4, -0.2) is 24.7 Å². The second-order valence-corrected chi connectivity index (χ2v) is 6.70. The maximum absolute atomic E-state index is 3.83. The SMILES string of the molecule is CCCC1(CN2c3ccccc3CCC2C)CCCN1. The molecule has 2 aliphatic heterocycles. The van der Waals surface area contributed by atoms with Crippen LogP contribution in [0, 0.1) is 0 Å². The fourth-order valence-electron chi connectivity index (χ4n) is 4.10.